The number of hydrogen-bond donors (Lipinski definition) is 2. The molecule has 0 saturated carbocycles. The first-order valence-electron chi connectivity index (χ1n) is 5.57. The number of hydrogen-bond acceptors (Lipinski definition) is 2. The van der Waals surface area contributed by atoms with E-state index in [-0.39, 0.29) is 16.6 Å². The molecule has 0 aromatic heterocycles. The first kappa shape index (κ1) is 13.7. The predicted octanol–water partition coefficient (Wildman–Crippen LogP) is 3.33. The zero-order valence-corrected chi connectivity index (χ0v) is 11.4. The molecule has 2 aromatic carbocycles. The van der Waals surface area contributed by atoms with Gasteiger partial charge in [-0.05, 0) is 45.8 Å². The van der Waals surface area contributed by atoms with Crippen LogP contribution in [0.15, 0.2) is 46.9 Å². The van der Waals surface area contributed by atoms with E-state index in [9.17, 15) is 9.18 Å². The van der Waals surface area contributed by atoms with Crippen molar-refractivity contribution in [3.63, 3.8) is 0 Å². The van der Waals surface area contributed by atoms with Crippen molar-refractivity contribution in [3.05, 3.63) is 63.9 Å². The van der Waals surface area contributed by atoms with E-state index >= 15 is 0 Å². The standard InChI is InChI=1S/C14H11BrFNO2/c15-12-6-2-5-11(13(12)16)14(19)17-10-4-1-3-9(7-10)8-18/h1-7,18H,8H2,(H,17,19). The molecule has 0 radical (unpaired) electrons. The first-order chi connectivity index (χ1) is 9.11. The zero-order chi connectivity index (χ0) is 13.8. The highest BCUT2D eigenvalue weighted by Gasteiger charge is 2.13. The summed E-state index contributed by atoms with van der Waals surface area (Å²) in [6.45, 7) is -0.116. The molecule has 19 heavy (non-hydrogen) atoms. The number of anilines is 1. The summed E-state index contributed by atoms with van der Waals surface area (Å²) < 4.78 is 14.0. The van der Waals surface area contributed by atoms with Gasteiger partial charge in [0, 0.05) is 5.69 Å². The molecule has 0 spiro atoms. The van der Waals surface area contributed by atoms with E-state index in [0.717, 1.165) is 0 Å². The molecule has 0 heterocycles. The summed E-state index contributed by atoms with van der Waals surface area (Å²) in [4.78, 5) is 12.0. The quantitative estimate of drug-likeness (QED) is 0.910. The van der Waals surface area contributed by atoms with Crippen molar-refractivity contribution in [2.45, 2.75) is 6.61 Å². The van der Waals surface area contributed by atoms with E-state index in [1.54, 1.807) is 30.3 Å². The van der Waals surface area contributed by atoms with Crippen LogP contribution in [0.1, 0.15) is 15.9 Å². The van der Waals surface area contributed by atoms with E-state index in [4.69, 9.17) is 5.11 Å². The van der Waals surface area contributed by atoms with Gasteiger partial charge < -0.3 is 10.4 Å². The Balaban J connectivity index is 2.23. The lowest BCUT2D eigenvalue weighted by Crippen LogP contribution is -2.14. The van der Waals surface area contributed by atoms with Gasteiger partial charge in [0.05, 0.1) is 16.6 Å². The molecule has 1 amide bonds. The largest absolute Gasteiger partial charge is 0.392 e. The van der Waals surface area contributed by atoms with Crippen molar-refractivity contribution in [1.29, 1.82) is 0 Å². The number of halogens is 2. The molecule has 0 unspecified atom stereocenters. The maximum atomic E-state index is 13.8. The molecule has 0 bridgehead atoms. The van der Waals surface area contributed by atoms with Gasteiger partial charge in [-0.15, -0.1) is 0 Å². The lowest BCUT2D eigenvalue weighted by molar-refractivity contribution is 0.102. The number of carbonyl (C=O) groups excluding carboxylic acids is 1. The molecule has 0 saturated heterocycles. The second-order valence-electron chi connectivity index (χ2n) is 3.91. The molecule has 0 aliphatic carbocycles. The molecule has 2 rings (SSSR count). The van der Waals surface area contributed by atoms with Crippen LogP contribution in [0.3, 0.4) is 0 Å². The van der Waals surface area contributed by atoms with E-state index in [1.165, 1.54) is 12.1 Å². The molecule has 0 fully saturated rings. The Morgan fingerprint density at radius 3 is 2.74 bits per heavy atom. The monoisotopic (exact) mass is 323 g/mol. The molecule has 3 nitrogen and oxygen atoms in total. The van der Waals surface area contributed by atoms with Crippen LogP contribution >= 0.6 is 15.9 Å². The van der Waals surface area contributed by atoms with Crippen LogP contribution in [0, 0.1) is 5.82 Å². The molecule has 2 N–H and O–H groups in total. The van der Waals surface area contributed by atoms with Gasteiger partial charge in [-0.1, -0.05) is 18.2 Å². The molecular weight excluding hydrogens is 313 g/mol. The van der Waals surface area contributed by atoms with E-state index < -0.39 is 11.7 Å². The predicted molar refractivity (Wildman–Crippen MR) is 74.4 cm³/mol. The maximum absolute atomic E-state index is 13.8. The minimum atomic E-state index is -0.599. The molecule has 0 aliphatic heterocycles. The van der Waals surface area contributed by atoms with Gasteiger partial charge >= 0.3 is 0 Å². The zero-order valence-electron chi connectivity index (χ0n) is 9.86. The normalized spacial score (nSPS) is 10.3. The van der Waals surface area contributed by atoms with E-state index in [2.05, 4.69) is 21.2 Å². The van der Waals surface area contributed by atoms with Crippen LogP contribution in [0.4, 0.5) is 10.1 Å². The van der Waals surface area contributed by atoms with Crippen LogP contribution in [-0.4, -0.2) is 11.0 Å². The number of amides is 1. The third-order valence-corrected chi connectivity index (χ3v) is 3.18. The van der Waals surface area contributed by atoms with Crippen LogP contribution in [0.25, 0.3) is 0 Å². The Bertz CT molecular complexity index is 616. The maximum Gasteiger partial charge on any atom is 0.258 e. The minimum absolute atomic E-state index is 0.0382. The summed E-state index contributed by atoms with van der Waals surface area (Å²) in [5.41, 5.74) is 1.15. The number of aliphatic hydroxyl groups is 1. The second-order valence-corrected chi connectivity index (χ2v) is 4.77. The number of carbonyl (C=O) groups is 1. The number of nitrogens with one attached hydrogen (secondary N) is 1. The van der Waals surface area contributed by atoms with Gasteiger partial charge in [0.1, 0.15) is 5.82 Å². The fraction of sp³-hybridized carbons (Fsp3) is 0.0714. The summed E-state index contributed by atoms with van der Waals surface area (Å²) in [6.07, 6.45) is 0. The van der Waals surface area contributed by atoms with Crippen LogP contribution in [0.2, 0.25) is 0 Å². The first-order valence-corrected chi connectivity index (χ1v) is 6.36. The Hall–Kier alpha value is -1.72. The number of aliphatic hydroxyl groups excluding tert-OH is 1. The van der Waals surface area contributed by atoms with Crippen molar-refractivity contribution < 1.29 is 14.3 Å². The average Bonchev–Trinajstić information content (AvgIpc) is 2.42. The van der Waals surface area contributed by atoms with Crippen LogP contribution < -0.4 is 5.32 Å². The van der Waals surface area contributed by atoms with Gasteiger partial charge in [0.15, 0.2) is 0 Å². The lowest BCUT2D eigenvalue weighted by Gasteiger charge is -2.08. The Morgan fingerprint density at radius 2 is 2.00 bits per heavy atom. The smallest absolute Gasteiger partial charge is 0.258 e. The van der Waals surface area contributed by atoms with Gasteiger partial charge in [-0.2, -0.15) is 0 Å². The van der Waals surface area contributed by atoms with Crippen LogP contribution in [-0.2, 0) is 6.61 Å². The van der Waals surface area contributed by atoms with Gasteiger partial charge in [0.2, 0.25) is 0 Å². The topological polar surface area (TPSA) is 49.3 Å². The molecule has 5 heteroatoms. The highest BCUT2D eigenvalue weighted by atomic mass is 79.9. The SMILES string of the molecule is O=C(Nc1cccc(CO)c1)c1cccc(Br)c1F. The Morgan fingerprint density at radius 1 is 1.26 bits per heavy atom. The van der Waals surface area contributed by atoms with Crippen LogP contribution in [0.5, 0.6) is 0 Å². The van der Waals surface area contributed by atoms with Gasteiger partial charge in [-0.25, -0.2) is 4.39 Å². The highest BCUT2D eigenvalue weighted by molar-refractivity contribution is 9.10. The van der Waals surface area contributed by atoms with Gasteiger partial charge in [-0.3, -0.25) is 4.79 Å². The molecule has 0 aliphatic rings. The summed E-state index contributed by atoms with van der Waals surface area (Å²) in [5.74, 6) is -1.13. The summed E-state index contributed by atoms with van der Waals surface area (Å²) in [6, 6.07) is 11.3. The highest BCUT2D eigenvalue weighted by Crippen LogP contribution is 2.20. The van der Waals surface area contributed by atoms with Crippen molar-refractivity contribution in [1.82, 2.24) is 0 Å². The second kappa shape index (κ2) is 5.95. The van der Waals surface area contributed by atoms with Crippen molar-refractivity contribution in [2.24, 2.45) is 0 Å². The summed E-state index contributed by atoms with van der Waals surface area (Å²) in [5, 5.41) is 11.6. The third-order valence-electron chi connectivity index (χ3n) is 2.56. The van der Waals surface area contributed by atoms with Crippen molar-refractivity contribution in [2.75, 3.05) is 5.32 Å². The van der Waals surface area contributed by atoms with E-state index in [1.807, 2.05) is 0 Å². The number of benzene rings is 2. The van der Waals surface area contributed by atoms with Gasteiger partial charge in [0.25, 0.3) is 5.91 Å². The fourth-order valence-corrected chi connectivity index (χ4v) is 1.99. The summed E-state index contributed by atoms with van der Waals surface area (Å²) >= 11 is 3.03. The van der Waals surface area contributed by atoms with Crippen molar-refractivity contribution >= 4 is 27.5 Å². The minimum Gasteiger partial charge on any atom is -0.392 e. The molecule has 2 aromatic rings. The lowest BCUT2D eigenvalue weighted by atomic mass is 10.1. The summed E-state index contributed by atoms with van der Waals surface area (Å²) in [7, 11) is 0. The molecule has 0 atom stereocenters. The Kier molecular flexibility index (Phi) is 4.29. The third kappa shape index (κ3) is 3.19. The number of rotatable bonds is 3. The average molecular weight is 324 g/mol. The van der Waals surface area contributed by atoms with Crippen molar-refractivity contribution in [3.8, 4) is 0 Å². The fourth-order valence-electron chi connectivity index (χ4n) is 1.63. The molecular formula is C14H11BrFNO2. The molecule has 98 valence electrons. The Labute approximate surface area is 118 Å². The van der Waals surface area contributed by atoms with E-state index in [0.29, 0.717) is 11.3 Å².